The molecule has 7 heteroatoms. The zero-order chi connectivity index (χ0) is 20.6. The maximum atomic E-state index is 13.2. The van der Waals surface area contributed by atoms with Crippen LogP contribution in [0.1, 0.15) is 16.1 Å². The van der Waals surface area contributed by atoms with Gasteiger partial charge in [-0.1, -0.05) is 12.1 Å². The molecule has 6 nitrogen and oxygen atoms in total. The largest absolute Gasteiger partial charge is 0.378 e. The van der Waals surface area contributed by atoms with Gasteiger partial charge in [0.25, 0.3) is 5.91 Å². The average Bonchev–Trinajstić information content (AvgIpc) is 2.74. The smallest absolute Gasteiger partial charge is 0.258 e. The fourth-order valence-corrected chi connectivity index (χ4v) is 2.54. The van der Waals surface area contributed by atoms with Gasteiger partial charge >= 0.3 is 0 Å². The lowest BCUT2D eigenvalue weighted by molar-refractivity contribution is 0.0977. The molecule has 0 aliphatic heterocycles. The number of aliphatic imine (C=N–C) groups is 1. The Balaban J connectivity index is 1.80. The van der Waals surface area contributed by atoms with Gasteiger partial charge in [-0.3, -0.25) is 15.1 Å². The Morgan fingerprint density at radius 1 is 1.07 bits per heavy atom. The summed E-state index contributed by atoms with van der Waals surface area (Å²) in [5.74, 6) is -0.391. The minimum atomic E-state index is -0.341. The van der Waals surface area contributed by atoms with E-state index in [1.165, 1.54) is 12.1 Å². The summed E-state index contributed by atoms with van der Waals surface area (Å²) in [4.78, 5) is 23.4. The summed E-state index contributed by atoms with van der Waals surface area (Å²) in [7, 11) is 3.82. The summed E-state index contributed by atoms with van der Waals surface area (Å²) < 4.78 is 13.2. The highest BCUT2D eigenvalue weighted by atomic mass is 19.1. The summed E-state index contributed by atoms with van der Waals surface area (Å²) in [6.07, 6.45) is 1.68. The molecule has 1 heterocycles. The molecular weight excluding hydrogens is 369 g/mol. The van der Waals surface area contributed by atoms with E-state index < -0.39 is 0 Å². The Morgan fingerprint density at radius 3 is 2.55 bits per heavy atom. The van der Waals surface area contributed by atoms with Crippen molar-refractivity contribution in [2.75, 3.05) is 24.3 Å². The lowest BCUT2D eigenvalue weighted by Gasteiger charge is -2.15. The highest BCUT2D eigenvalue weighted by Crippen LogP contribution is 2.14. The number of halogens is 1. The number of carbonyl (C=O) groups is 1. The fraction of sp³-hybridized carbons (Fsp3) is 0.136. The molecule has 0 saturated carbocycles. The van der Waals surface area contributed by atoms with Crippen LogP contribution >= 0.6 is 0 Å². The molecular formula is C22H22FN5O. The first-order valence-corrected chi connectivity index (χ1v) is 9.07. The predicted octanol–water partition coefficient (Wildman–Crippen LogP) is 3.68. The molecule has 0 unspecified atom stereocenters. The van der Waals surface area contributed by atoms with Gasteiger partial charge in [-0.25, -0.2) is 9.38 Å². The van der Waals surface area contributed by atoms with E-state index in [4.69, 9.17) is 0 Å². The molecule has 1 amide bonds. The quantitative estimate of drug-likeness (QED) is 0.514. The normalized spacial score (nSPS) is 11.1. The van der Waals surface area contributed by atoms with Gasteiger partial charge in [0.05, 0.1) is 12.2 Å². The van der Waals surface area contributed by atoms with E-state index in [-0.39, 0.29) is 24.2 Å². The van der Waals surface area contributed by atoms with E-state index >= 15 is 0 Å². The molecule has 2 aromatic carbocycles. The van der Waals surface area contributed by atoms with Gasteiger partial charge in [0.15, 0.2) is 0 Å². The predicted molar refractivity (Wildman–Crippen MR) is 114 cm³/mol. The van der Waals surface area contributed by atoms with Crippen molar-refractivity contribution in [2.24, 2.45) is 4.99 Å². The number of rotatable bonds is 5. The van der Waals surface area contributed by atoms with Crippen molar-refractivity contribution in [3.8, 4) is 0 Å². The first kappa shape index (κ1) is 20.0. The minimum Gasteiger partial charge on any atom is -0.378 e. The summed E-state index contributed by atoms with van der Waals surface area (Å²) in [5.41, 5.74) is 2.78. The molecule has 148 valence electrons. The maximum absolute atomic E-state index is 13.2. The highest BCUT2D eigenvalue weighted by molar-refractivity contribution is 6.10. The first-order chi connectivity index (χ1) is 14.0. The van der Waals surface area contributed by atoms with Crippen molar-refractivity contribution in [3.63, 3.8) is 0 Å². The van der Waals surface area contributed by atoms with E-state index in [0.717, 1.165) is 11.4 Å². The minimum absolute atomic E-state index is 0.252. The molecule has 0 fully saturated rings. The molecule has 3 rings (SSSR count). The molecule has 1 aromatic heterocycles. The van der Waals surface area contributed by atoms with Crippen LogP contribution in [-0.2, 0) is 6.54 Å². The third-order valence-corrected chi connectivity index (χ3v) is 4.09. The number of nitrogens with one attached hydrogen (secondary N) is 2. The lowest BCUT2D eigenvalue weighted by atomic mass is 10.2. The van der Waals surface area contributed by atoms with E-state index in [9.17, 15) is 9.18 Å². The van der Waals surface area contributed by atoms with Crippen molar-refractivity contribution in [3.05, 3.63) is 90.0 Å². The van der Waals surface area contributed by atoms with Crippen LogP contribution in [0, 0.1) is 5.82 Å². The van der Waals surface area contributed by atoms with Crippen LogP contribution in [0.25, 0.3) is 0 Å². The van der Waals surface area contributed by atoms with Crippen molar-refractivity contribution in [1.82, 2.24) is 10.3 Å². The third-order valence-electron chi connectivity index (χ3n) is 4.09. The second-order valence-electron chi connectivity index (χ2n) is 6.52. The summed E-state index contributed by atoms with van der Waals surface area (Å²) in [6.45, 7) is 0.280. The number of pyridine rings is 1. The molecule has 3 aromatic rings. The number of guanidine groups is 1. The number of benzene rings is 2. The zero-order valence-corrected chi connectivity index (χ0v) is 16.3. The number of nitrogens with zero attached hydrogens (tertiary/aromatic N) is 3. The van der Waals surface area contributed by atoms with Gasteiger partial charge in [-0.05, 0) is 54.6 Å². The molecule has 0 saturated heterocycles. The second-order valence-corrected chi connectivity index (χ2v) is 6.52. The van der Waals surface area contributed by atoms with Crippen LogP contribution in [0.3, 0.4) is 0 Å². The van der Waals surface area contributed by atoms with Gasteiger partial charge in [-0.2, -0.15) is 0 Å². The molecule has 0 atom stereocenters. The highest BCUT2D eigenvalue weighted by Gasteiger charge is 2.11. The summed E-state index contributed by atoms with van der Waals surface area (Å²) in [6, 6.07) is 18.6. The van der Waals surface area contributed by atoms with Crippen molar-refractivity contribution >= 4 is 23.2 Å². The van der Waals surface area contributed by atoms with Crippen LogP contribution in [-0.4, -0.2) is 30.9 Å². The number of amides is 1. The summed E-state index contributed by atoms with van der Waals surface area (Å²) in [5, 5.41) is 5.82. The van der Waals surface area contributed by atoms with Gasteiger partial charge in [0.2, 0.25) is 5.96 Å². The first-order valence-electron chi connectivity index (χ1n) is 9.07. The zero-order valence-electron chi connectivity index (χ0n) is 16.3. The van der Waals surface area contributed by atoms with Crippen LogP contribution in [0.5, 0.6) is 0 Å². The molecule has 2 N–H and O–H groups in total. The Kier molecular flexibility index (Phi) is 6.52. The lowest BCUT2D eigenvalue weighted by Crippen LogP contribution is -2.36. The van der Waals surface area contributed by atoms with E-state index in [1.807, 2.05) is 49.3 Å². The number of hydrogen-bond acceptors (Lipinski definition) is 4. The monoisotopic (exact) mass is 391 g/mol. The van der Waals surface area contributed by atoms with E-state index in [0.29, 0.717) is 11.3 Å². The molecule has 0 radical (unpaired) electrons. The van der Waals surface area contributed by atoms with E-state index in [1.54, 1.807) is 30.5 Å². The van der Waals surface area contributed by atoms with E-state index in [2.05, 4.69) is 20.6 Å². The Labute approximate surface area is 169 Å². The van der Waals surface area contributed by atoms with Crippen LogP contribution in [0.15, 0.2) is 77.9 Å². The molecule has 0 spiro atoms. The van der Waals surface area contributed by atoms with Gasteiger partial charge in [0, 0.05) is 37.2 Å². The Bertz CT molecular complexity index is 988. The fourth-order valence-electron chi connectivity index (χ4n) is 2.54. The number of carbonyl (C=O) groups excluding carboxylic acids is 1. The van der Waals surface area contributed by atoms with Crippen LogP contribution in [0.2, 0.25) is 0 Å². The number of aromatic nitrogens is 1. The topological polar surface area (TPSA) is 69.6 Å². The van der Waals surface area contributed by atoms with Crippen molar-refractivity contribution in [2.45, 2.75) is 6.54 Å². The van der Waals surface area contributed by atoms with Crippen molar-refractivity contribution in [1.29, 1.82) is 0 Å². The molecule has 0 aliphatic rings. The van der Waals surface area contributed by atoms with Crippen molar-refractivity contribution < 1.29 is 9.18 Å². The Hall–Kier alpha value is -3.74. The van der Waals surface area contributed by atoms with Crippen LogP contribution < -0.4 is 15.5 Å². The Morgan fingerprint density at radius 2 is 1.86 bits per heavy atom. The van der Waals surface area contributed by atoms with Gasteiger partial charge in [-0.15, -0.1) is 0 Å². The molecule has 0 aliphatic carbocycles. The van der Waals surface area contributed by atoms with Gasteiger partial charge in [0.1, 0.15) is 5.82 Å². The van der Waals surface area contributed by atoms with Gasteiger partial charge < -0.3 is 10.2 Å². The average molecular weight is 391 g/mol. The third kappa shape index (κ3) is 5.87. The number of anilines is 2. The second kappa shape index (κ2) is 9.45. The molecule has 0 bridgehead atoms. The maximum Gasteiger partial charge on any atom is 0.258 e. The van der Waals surface area contributed by atoms with Crippen LogP contribution in [0.4, 0.5) is 15.8 Å². The SMILES string of the molecule is CN(C)c1cccc(C(=O)NC(=NCc2ccccn2)Nc2ccc(F)cc2)c1. The summed E-state index contributed by atoms with van der Waals surface area (Å²) >= 11 is 0. The number of hydrogen-bond donors (Lipinski definition) is 2. The standard InChI is InChI=1S/C22H22FN5O/c1-28(2)20-8-5-6-16(14-20)21(29)27-22(25-15-19-7-3-4-13-24-19)26-18-11-9-17(23)10-12-18/h3-14H,15H2,1-2H3,(H2,25,26,27,29). The molecule has 29 heavy (non-hydrogen) atoms.